The van der Waals surface area contributed by atoms with E-state index in [2.05, 4.69) is 17.0 Å². The molecular formula is C15H23N3O2S. The summed E-state index contributed by atoms with van der Waals surface area (Å²) in [4.78, 5) is 3.23. The second-order valence-corrected chi connectivity index (χ2v) is 6.61. The Balaban J connectivity index is 2.37. The molecule has 0 aromatic heterocycles. The molecule has 0 spiro atoms. The highest BCUT2D eigenvalue weighted by Crippen LogP contribution is 2.34. The summed E-state index contributed by atoms with van der Waals surface area (Å²) in [5, 5.41) is 22.0. The predicted molar refractivity (Wildman–Crippen MR) is 87.4 cm³/mol. The molecule has 6 heteroatoms. The van der Waals surface area contributed by atoms with Crippen molar-refractivity contribution in [3.8, 4) is 0 Å². The van der Waals surface area contributed by atoms with Gasteiger partial charge in [-0.1, -0.05) is 18.1 Å². The number of nitrogens with zero attached hydrogens (tertiary/aromatic N) is 2. The van der Waals surface area contributed by atoms with Crippen LogP contribution in [0, 0.1) is 5.92 Å². The lowest BCUT2D eigenvalue weighted by Gasteiger charge is -2.24. The standard InChI is InChI=1S/C15H23N3O2S/c1-3-21-13-6-4-5-12(14(13)15(16)17-20)18-8-7-11(9-18)10(2)19/h4-6,10-11,19-20H,3,7-9H2,1-2H3,(H2,16,17). The Morgan fingerprint density at radius 3 is 2.90 bits per heavy atom. The fourth-order valence-corrected chi connectivity index (χ4v) is 3.61. The lowest BCUT2D eigenvalue weighted by Crippen LogP contribution is -2.27. The minimum Gasteiger partial charge on any atom is -0.409 e. The van der Waals surface area contributed by atoms with E-state index in [9.17, 15) is 5.11 Å². The summed E-state index contributed by atoms with van der Waals surface area (Å²) >= 11 is 1.68. The Bertz CT molecular complexity index is 520. The minimum absolute atomic E-state index is 0.141. The fourth-order valence-electron chi connectivity index (χ4n) is 2.77. The third-order valence-electron chi connectivity index (χ3n) is 3.92. The largest absolute Gasteiger partial charge is 0.409 e. The van der Waals surface area contributed by atoms with Crippen molar-refractivity contribution in [3.63, 3.8) is 0 Å². The second-order valence-electron chi connectivity index (χ2n) is 5.30. The third kappa shape index (κ3) is 3.44. The minimum atomic E-state index is -0.310. The van der Waals surface area contributed by atoms with Gasteiger partial charge in [0, 0.05) is 29.6 Å². The molecule has 1 saturated heterocycles. The van der Waals surface area contributed by atoms with Gasteiger partial charge >= 0.3 is 0 Å². The number of hydrogen-bond acceptors (Lipinski definition) is 5. The average Bonchev–Trinajstić information content (AvgIpc) is 2.96. The number of thioether (sulfide) groups is 1. The highest BCUT2D eigenvalue weighted by molar-refractivity contribution is 7.99. The van der Waals surface area contributed by atoms with Crippen LogP contribution in [0.25, 0.3) is 0 Å². The number of hydrogen-bond donors (Lipinski definition) is 3. The number of benzene rings is 1. The molecule has 0 amide bonds. The number of nitrogens with two attached hydrogens (primary N) is 1. The maximum absolute atomic E-state index is 9.76. The molecule has 0 bridgehead atoms. The Labute approximate surface area is 129 Å². The van der Waals surface area contributed by atoms with Crippen LogP contribution in [0.4, 0.5) is 5.69 Å². The van der Waals surface area contributed by atoms with Gasteiger partial charge < -0.3 is 20.9 Å². The van der Waals surface area contributed by atoms with Crippen LogP contribution < -0.4 is 10.6 Å². The van der Waals surface area contributed by atoms with Gasteiger partial charge in [0.05, 0.1) is 11.7 Å². The second kappa shape index (κ2) is 7.04. The number of anilines is 1. The zero-order valence-corrected chi connectivity index (χ0v) is 13.3. The molecule has 1 aliphatic rings. The first kappa shape index (κ1) is 16.0. The van der Waals surface area contributed by atoms with Gasteiger partial charge in [-0.25, -0.2) is 0 Å². The molecule has 4 N–H and O–H groups in total. The van der Waals surface area contributed by atoms with Crippen molar-refractivity contribution >= 4 is 23.3 Å². The van der Waals surface area contributed by atoms with Crippen LogP contribution in [0.15, 0.2) is 28.3 Å². The first-order valence-corrected chi connectivity index (χ1v) is 8.23. The number of oxime groups is 1. The molecule has 1 aliphatic heterocycles. The Hall–Kier alpha value is -1.40. The number of amidine groups is 1. The summed E-state index contributed by atoms with van der Waals surface area (Å²) in [7, 11) is 0. The summed E-state index contributed by atoms with van der Waals surface area (Å²) in [6.45, 7) is 5.58. The van der Waals surface area contributed by atoms with Gasteiger partial charge in [0.1, 0.15) is 0 Å². The number of rotatable bonds is 5. The van der Waals surface area contributed by atoms with E-state index in [1.807, 2.05) is 25.1 Å². The molecule has 2 atom stereocenters. The van der Waals surface area contributed by atoms with Crippen LogP contribution in [0.2, 0.25) is 0 Å². The van der Waals surface area contributed by atoms with Gasteiger partial charge in [-0.3, -0.25) is 0 Å². The molecule has 1 aromatic rings. The zero-order valence-electron chi connectivity index (χ0n) is 12.5. The van der Waals surface area contributed by atoms with Crippen molar-refractivity contribution in [2.75, 3.05) is 23.7 Å². The summed E-state index contributed by atoms with van der Waals surface area (Å²) in [6.07, 6.45) is 0.647. The van der Waals surface area contributed by atoms with Gasteiger partial charge in [-0.05, 0) is 31.2 Å². The molecule has 0 aliphatic carbocycles. The highest BCUT2D eigenvalue weighted by atomic mass is 32.2. The zero-order chi connectivity index (χ0) is 15.4. The first-order valence-electron chi connectivity index (χ1n) is 7.25. The van der Waals surface area contributed by atoms with Crippen LogP contribution >= 0.6 is 11.8 Å². The summed E-state index contributed by atoms with van der Waals surface area (Å²) < 4.78 is 0. The summed E-state index contributed by atoms with van der Waals surface area (Å²) in [5.41, 5.74) is 7.67. The lowest BCUT2D eigenvalue weighted by molar-refractivity contribution is 0.136. The van der Waals surface area contributed by atoms with E-state index in [1.54, 1.807) is 11.8 Å². The maximum atomic E-state index is 9.76. The van der Waals surface area contributed by atoms with Crippen molar-refractivity contribution in [1.82, 2.24) is 0 Å². The molecule has 1 aromatic carbocycles. The van der Waals surface area contributed by atoms with Crippen LogP contribution in [-0.2, 0) is 0 Å². The van der Waals surface area contributed by atoms with Crippen molar-refractivity contribution in [3.05, 3.63) is 23.8 Å². The molecule has 21 heavy (non-hydrogen) atoms. The molecule has 116 valence electrons. The lowest BCUT2D eigenvalue weighted by atomic mass is 10.0. The first-order chi connectivity index (χ1) is 10.1. The van der Waals surface area contributed by atoms with Crippen molar-refractivity contribution in [1.29, 1.82) is 0 Å². The van der Waals surface area contributed by atoms with E-state index in [0.717, 1.165) is 41.4 Å². The Morgan fingerprint density at radius 2 is 2.33 bits per heavy atom. The fraction of sp³-hybridized carbons (Fsp3) is 0.533. The van der Waals surface area contributed by atoms with Gasteiger partial charge in [0.25, 0.3) is 0 Å². The maximum Gasteiger partial charge on any atom is 0.173 e. The van der Waals surface area contributed by atoms with E-state index in [-0.39, 0.29) is 17.9 Å². The van der Waals surface area contributed by atoms with Crippen molar-refractivity contribution < 1.29 is 10.3 Å². The Morgan fingerprint density at radius 1 is 1.57 bits per heavy atom. The van der Waals surface area contributed by atoms with E-state index >= 15 is 0 Å². The topological polar surface area (TPSA) is 82.1 Å². The van der Waals surface area contributed by atoms with Crippen LogP contribution in [0.5, 0.6) is 0 Å². The van der Waals surface area contributed by atoms with Gasteiger partial charge in [-0.2, -0.15) is 0 Å². The normalized spacial score (nSPS) is 20.8. The van der Waals surface area contributed by atoms with Crippen LogP contribution in [0.3, 0.4) is 0 Å². The van der Waals surface area contributed by atoms with Gasteiger partial charge in [-0.15, -0.1) is 11.8 Å². The van der Waals surface area contributed by atoms with E-state index in [0.29, 0.717) is 0 Å². The molecule has 0 saturated carbocycles. The molecule has 2 rings (SSSR count). The molecule has 1 heterocycles. The quantitative estimate of drug-likeness (QED) is 0.255. The predicted octanol–water partition coefficient (Wildman–Crippen LogP) is 2.10. The van der Waals surface area contributed by atoms with Crippen molar-refractivity contribution in [2.45, 2.75) is 31.3 Å². The number of aliphatic hydroxyl groups is 1. The van der Waals surface area contributed by atoms with Crippen molar-refractivity contribution in [2.24, 2.45) is 16.8 Å². The van der Waals surface area contributed by atoms with E-state index in [1.165, 1.54) is 0 Å². The average molecular weight is 309 g/mol. The van der Waals surface area contributed by atoms with E-state index < -0.39 is 0 Å². The van der Waals surface area contributed by atoms with E-state index in [4.69, 9.17) is 10.9 Å². The summed E-state index contributed by atoms with van der Waals surface area (Å²) in [5.74, 6) is 1.33. The van der Waals surface area contributed by atoms with Crippen LogP contribution in [-0.4, -0.2) is 41.1 Å². The third-order valence-corrected chi connectivity index (χ3v) is 4.86. The molecule has 0 radical (unpaired) electrons. The van der Waals surface area contributed by atoms with Gasteiger partial charge in [0.15, 0.2) is 5.84 Å². The van der Waals surface area contributed by atoms with Gasteiger partial charge in [0.2, 0.25) is 0 Å². The van der Waals surface area contributed by atoms with Crippen LogP contribution in [0.1, 0.15) is 25.8 Å². The molecule has 2 unspecified atom stereocenters. The highest BCUT2D eigenvalue weighted by Gasteiger charge is 2.28. The molecular weight excluding hydrogens is 286 g/mol. The molecule has 5 nitrogen and oxygen atoms in total. The number of aliphatic hydroxyl groups excluding tert-OH is 1. The smallest absolute Gasteiger partial charge is 0.173 e. The summed E-state index contributed by atoms with van der Waals surface area (Å²) in [6, 6.07) is 5.99. The monoisotopic (exact) mass is 309 g/mol. The Kier molecular flexibility index (Phi) is 5.36. The SMILES string of the molecule is CCSc1cccc(N2CCC(C(C)O)C2)c1/C(N)=N/O. The molecule has 1 fully saturated rings.